The second-order valence-electron chi connectivity index (χ2n) is 6.47. The summed E-state index contributed by atoms with van der Waals surface area (Å²) in [5, 5.41) is 3.40. The molecule has 0 aromatic heterocycles. The van der Waals surface area contributed by atoms with Crippen LogP contribution in [0.15, 0.2) is 60.7 Å². The SMILES string of the molecule is CC(C)(C)c1cccc2cccc(-c3ccc(Cl)cc3)c12. The summed E-state index contributed by atoms with van der Waals surface area (Å²) in [6, 6.07) is 21.2. The van der Waals surface area contributed by atoms with Crippen LogP contribution in [0.4, 0.5) is 0 Å². The molecule has 0 amide bonds. The highest BCUT2D eigenvalue weighted by atomic mass is 35.5. The summed E-state index contributed by atoms with van der Waals surface area (Å²) >= 11 is 6.02. The highest BCUT2D eigenvalue weighted by Gasteiger charge is 2.18. The minimum atomic E-state index is 0.113. The molecule has 0 aliphatic rings. The van der Waals surface area contributed by atoms with Crippen LogP contribution in [-0.4, -0.2) is 0 Å². The Morgan fingerprint density at radius 1 is 0.762 bits per heavy atom. The van der Waals surface area contributed by atoms with E-state index < -0.39 is 0 Å². The van der Waals surface area contributed by atoms with E-state index in [-0.39, 0.29) is 5.41 Å². The zero-order chi connectivity index (χ0) is 15.0. The van der Waals surface area contributed by atoms with Gasteiger partial charge in [-0.1, -0.05) is 80.9 Å². The number of benzene rings is 3. The average molecular weight is 295 g/mol. The topological polar surface area (TPSA) is 0 Å². The molecule has 3 aromatic rings. The van der Waals surface area contributed by atoms with Gasteiger partial charge in [0.2, 0.25) is 0 Å². The summed E-state index contributed by atoms with van der Waals surface area (Å²) < 4.78 is 0. The van der Waals surface area contributed by atoms with E-state index in [9.17, 15) is 0 Å². The molecular formula is C20H19Cl. The van der Waals surface area contributed by atoms with Crippen LogP contribution in [0.5, 0.6) is 0 Å². The monoisotopic (exact) mass is 294 g/mol. The smallest absolute Gasteiger partial charge is 0.0406 e. The molecule has 0 spiro atoms. The van der Waals surface area contributed by atoms with Gasteiger partial charge in [-0.25, -0.2) is 0 Å². The molecule has 0 atom stereocenters. The van der Waals surface area contributed by atoms with Gasteiger partial charge in [0, 0.05) is 5.02 Å². The molecular weight excluding hydrogens is 276 g/mol. The molecule has 0 N–H and O–H groups in total. The van der Waals surface area contributed by atoms with Crippen molar-refractivity contribution in [3.8, 4) is 11.1 Å². The van der Waals surface area contributed by atoms with Gasteiger partial charge in [-0.05, 0) is 45.0 Å². The van der Waals surface area contributed by atoms with E-state index in [1.54, 1.807) is 0 Å². The number of hydrogen-bond donors (Lipinski definition) is 0. The van der Waals surface area contributed by atoms with Crippen molar-refractivity contribution >= 4 is 22.4 Å². The third-order valence-corrected chi connectivity index (χ3v) is 4.12. The fourth-order valence-corrected chi connectivity index (χ4v) is 2.96. The molecule has 0 bridgehead atoms. The predicted molar refractivity (Wildman–Crippen MR) is 93.1 cm³/mol. The second kappa shape index (κ2) is 5.20. The van der Waals surface area contributed by atoms with E-state index in [0.29, 0.717) is 0 Å². The van der Waals surface area contributed by atoms with Crippen molar-refractivity contribution in [3.05, 3.63) is 71.2 Å². The van der Waals surface area contributed by atoms with Crippen LogP contribution >= 0.6 is 11.6 Å². The highest BCUT2D eigenvalue weighted by Crippen LogP contribution is 2.36. The van der Waals surface area contributed by atoms with Crippen molar-refractivity contribution in [2.24, 2.45) is 0 Å². The summed E-state index contributed by atoms with van der Waals surface area (Å²) in [6.07, 6.45) is 0. The van der Waals surface area contributed by atoms with Crippen LogP contribution in [0, 0.1) is 0 Å². The fourth-order valence-electron chi connectivity index (χ4n) is 2.84. The lowest BCUT2D eigenvalue weighted by atomic mass is 9.81. The third-order valence-electron chi connectivity index (χ3n) is 3.87. The van der Waals surface area contributed by atoms with Gasteiger partial charge >= 0.3 is 0 Å². The molecule has 1 heteroatoms. The van der Waals surface area contributed by atoms with E-state index in [1.165, 1.54) is 27.5 Å². The first-order chi connectivity index (χ1) is 9.97. The lowest BCUT2D eigenvalue weighted by Crippen LogP contribution is -2.11. The van der Waals surface area contributed by atoms with Crippen molar-refractivity contribution in [2.75, 3.05) is 0 Å². The quantitative estimate of drug-likeness (QED) is 0.483. The standard InChI is InChI=1S/C20H19Cl/c1-20(2,3)18-9-5-7-15-6-4-8-17(19(15)18)14-10-12-16(21)13-11-14/h4-13H,1-3H3. The Balaban J connectivity index is 2.35. The number of hydrogen-bond acceptors (Lipinski definition) is 0. The van der Waals surface area contributed by atoms with Crippen LogP contribution < -0.4 is 0 Å². The second-order valence-corrected chi connectivity index (χ2v) is 6.90. The minimum Gasteiger partial charge on any atom is -0.0843 e. The van der Waals surface area contributed by atoms with E-state index in [2.05, 4.69) is 69.3 Å². The fraction of sp³-hybridized carbons (Fsp3) is 0.200. The summed E-state index contributed by atoms with van der Waals surface area (Å²) in [5.74, 6) is 0. The largest absolute Gasteiger partial charge is 0.0843 e. The average Bonchev–Trinajstić information content (AvgIpc) is 2.46. The minimum absolute atomic E-state index is 0.113. The maximum absolute atomic E-state index is 6.02. The predicted octanol–water partition coefficient (Wildman–Crippen LogP) is 6.46. The van der Waals surface area contributed by atoms with Gasteiger partial charge in [-0.15, -0.1) is 0 Å². The van der Waals surface area contributed by atoms with Gasteiger partial charge in [-0.3, -0.25) is 0 Å². The Morgan fingerprint density at radius 3 is 2.00 bits per heavy atom. The van der Waals surface area contributed by atoms with Gasteiger partial charge in [0.05, 0.1) is 0 Å². The summed E-state index contributed by atoms with van der Waals surface area (Å²) in [5.41, 5.74) is 3.98. The molecule has 0 saturated carbocycles. The molecule has 0 heterocycles. The first-order valence-electron chi connectivity index (χ1n) is 7.25. The first-order valence-corrected chi connectivity index (χ1v) is 7.63. The third kappa shape index (κ3) is 2.69. The van der Waals surface area contributed by atoms with E-state index in [0.717, 1.165) is 5.02 Å². The molecule has 106 valence electrons. The Labute approximate surface area is 131 Å². The zero-order valence-corrected chi connectivity index (χ0v) is 13.4. The first kappa shape index (κ1) is 14.2. The molecule has 3 aromatic carbocycles. The molecule has 21 heavy (non-hydrogen) atoms. The maximum Gasteiger partial charge on any atom is 0.0406 e. The van der Waals surface area contributed by atoms with Gasteiger partial charge < -0.3 is 0 Å². The Bertz CT molecular complexity index is 772. The maximum atomic E-state index is 6.02. The van der Waals surface area contributed by atoms with Crippen molar-refractivity contribution in [2.45, 2.75) is 26.2 Å². The van der Waals surface area contributed by atoms with E-state index in [1.807, 2.05) is 12.1 Å². The van der Waals surface area contributed by atoms with Crippen LogP contribution in [0.25, 0.3) is 21.9 Å². The molecule has 0 nitrogen and oxygen atoms in total. The van der Waals surface area contributed by atoms with E-state index >= 15 is 0 Å². The molecule has 0 aliphatic carbocycles. The van der Waals surface area contributed by atoms with Crippen LogP contribution in [-0.2, 0) is 5.41 Å². The van der Waals surface area contributed by atoms with Gasteiger partial charge in [0.1, 0.15) is 0 Å². The summed E-state index contributed by atoms with van der Waals surface area (Å²) in [6.45, 7) is 6.79. The Hall–Kier alpha value is -1.79. The molecule has 3 rings (SSSR count). The Morgan fingerprint density at radius 2 is 1.38 bits per heavy atom. The van der Waals surface area contributed by atoms with Crippen LogP contribution in [0.1, 0.15) is 26.3 Å². The molecule has 0 fully saturated rings. The number of rotatable bonds is 1. The van der Waals surface area contributed by atoms with Crippen LogP contribution in [0.2, 0.25) is 5.02 Å². The highest BCUT2D eigenvalue weighted by molar-refractivity contribution is 6.30. The lowest BCUT2D eigenvalue weighted by Gasteiger charge is -2.23. The Kier molecular flexibility index (Phi) is 3.51. The van der Waals surface area contributed by atoms with Crippen molar-refractivity contribution in [1.82, 2.24) is 0 Å². The summed E-state index contributed by atoms with van der Waals surface area (Å²) in [4.78, 5) is 0. The normalized spacial score (nSPS) is 11.8. The zero-order valence-electron chi connectivity index (χ0n) is 12.7. The van der Waals surface area contributed by atoms with Crippen molar-refractivity contribution in [1.29, 1.82) is 0 Å². The van der Waals surface area contributed by atoms with Gasteiger partial charge in [0.25, 0.3) is 0 Å². The molecule has 0 aliphatic heterocycles. The van der Waals surface area contributed by atoms with Gasteiger partial charge in [-0.2, -0.15) is 0 Å². The molecule has 0 saturated heterocycles. The molecule has 0 unspecified atom stereocenters. The van der Waals surface area contributed by atoms with Crippen molar-refractivity contribution in [3.63, 3.8) is 0 Å². The molecule has 0 radical (unpaired) electrons. The van der Waals surface area contributed by atoms with Gasteiger partial charge in [0.15, 0.2) is 0 Å². The summed E-state index contributed by atoms with van der Waals surface area (Å²) in [7, 11) is 0. The van der Waals surface area contributed by atoms with Crippen molar-refractivity contribution < 1.29 is 0 Å². The lowest BCUT2D eigenvalue weighted by molar-refractivity contribution is 0.596. The number of halogens is 1. The number of fused-ring (bicyclic) bond motifs is 1. The van der Waals surface area contributed by atoms with E-state index in [4.69, 9.17) is 11.6 Å². The van der Waals surface area contributed by atoms with Crippen LogP contribution in [0.3, 0.4) is 0 Å².